The predicted octanol–water partition coefficient (Wildman–Crippen LogP) is 0.430. The third-order valence-corrected chi connectivity index (χ3v) is 1.59. The molecule has 0 aliphatic rings. The number of rotatable bonds is 3. The van der Waals surface area contributed by atoms with Crippen LogP contribution in [0.15, 0.2) is 6.07 Å². The van der Waals surface area contributed by atoms with Gasteiger partial charge in [0.1, 0.15) is 0 Å². The van der Waals surface area contributed by atoms with Gasteiger partial charge in [-0.2, -0.15) is 4.98 Å². The molecule has 76 valence electrons. The van der Waals surface area contributed by atoms with Crippen LogP contribution >= 0.6 is 0 Å². The lowest BCUT2D eigenvalue weighted by atomic mass is 10.3. The molecule has 0 bridgehead atoms. The summed E-state index contributed by atoms with van der Waals surface area (Å²) in [7, 11) is 1.51. The molecule has 5 heteroatoms. The normalized spacial score (nSPS) is 9.64. The van der Waals surface area contributed by atoms with Gasteiger partial charge in [0.15, 0.2) is 0 Å². The van der Waals surface area contributed by atoms with E-state index in [9.17, 15) is 4.79 Å². The average Bonchev–Trinajstić information content (AvgIpc) is 2.14. The van der Waals surface area contributed by atoms with E-state index in [4.69, 9.17) is 4.74 Å². The number of amides is 1. The second-order valence-electron chi connectivity index (χ2n) is 2.90. The van der Waals surface area contributed by atoms with Gasteiger partial charge in [0.2, 0.25) is 5.91 Å². The summed E-state index contributed by atoms with van der Waals surface area (Å²) in [5.74, 6) is -0.0831. The van der Waals surface area contributed by atoms with Crippen molar-refractivity contribution in [1.29, 1.82) is 0 Å². The van der Waals surface area contributed by atoms with Crippen molar-refractivity contribution in [2.75, 3.05) is 7.11 Å². The summed E-state index contributed by atoms with van der Waals surface area (Å²) in [4.78, 5) is 18.8. The number of aromatic nitrogens is 2. The molecule has 0 aromatic carbocycles. The Balaban J connectivity index is 2.76. The van der Waals surface area contributed by atoms with E-state index >= 15 is 0 Å². The lowest BCUT2D eigenvalue weighted by Gasteiger charge is -2.04. The van der Waals surface area contributed by atoms with E-state index < -0.39 is 0 Å². The van der Waals surface area contributed by atoms with Gasteiger partial charge in [-0.1, -0.05) is 0 Å². The third kappa shape index (κ3) is 3.01. The van der Waals surface area contributed by atoms with Crippen LogP contribution in [0.3, 0.4) is 0 Å². The van der Waals surface area contributed by atoms with Crippen molar-refractivity contribution in [3.05, 3.63) is 17.5 Å². The summed E-state index contributed by atoms with van der Waals surface area (Å²) in [6.45, 7) is 3.71. The Kier molecular flexibility index (Phi) is 3.39. The molecule has 1 heterocycles. The minimum Gasteiger partial charge on any atom is -0.467 e. The molecule has 0 aliphatic carbocycles. The standard InChI is InChI=1S/C9H13N3O2/c1-6-4-8(5-10-7(2)13)12-9(11-6)14-3/h4H,5H2,1-3H3,(H,10,13). The van der Waals surface area contributed by atoms with E-state index in [1.165, 1.54) is 14.0 Å². The number of hydrogen-bond donors (Lipinski definition) is 1. The van der Waals surface area contributed by atoms with E-state index in [2.05, 4.69) is 15.3 Å². The number of methoxy groups -OCH3 is 1. The Morgan fingerprint density at radius 2 is 2.29 bits per heavy atom. The van der Waals surface area contributed by atoms with E-state index in [0.717, 1.165) is 11.4 Å². The van der Waals surface area contributed by atoms with Crippen LogP contribution in [0, 0.1) is 6.92 Å². The molecule has 1 amide bonds. The molecule has 0 fully saturated rings. The molecule has 0 atom stereocenters. The lowest BCUT2D eigenvalue weighted by Crippen LogP contribution is -2.20. The van der Waals surface area contributed by atoms with Crippen LogP contribution in [0.5, 0.6) is 6.01 Å². The highest BCUT2D eigenvalue weighted by Crippen LogP contribution is 2.05. The van der Waals surface area contributed by atoms with Crippen molar-refractivity contribution in [2.24, 2.45) is 0 Å². The molecular weight excluding hydrogens is 182 g/mol. The first-order valence-electron chi connectivity index (χ1n) is 4.25. The molecule has 5 nitrogen and oxygen atoms in total. The maximum atomic E-state index is 10.7. The number of carbonyl (C=O) groups excluding carboxylic acids is 1. The highest BCUT2D eigenvalue weighted by atomic mass is 16.5. The molecule has 0 unspecified atom stereocenters. The Hall–Kier alpha value is -1.65. The van der Waals surface area contributed by atoms with E-state index in [1.54, 1.807) is 6.07 Å². The summed E-state index contributed by atoms with van der Waals surface area (Å²) in [5.41, 5.74) is 1.56. The molecule has 1 rings (SSSR count). The number of carbonyl (C=O) groups is 1. The highest BCUT2D eigenvalue weighted by Gasteiger charge is 2.02. The Bertz CT molecular complexity index is 339. The number of hydrogen-bond acceptors (Lipinski definition) is 4. The van der Waals surface area contributed by atoms with Crippen molar-refractivity contribution in [3.63, 3.8) is 0 Å². The van der Waals surface area contributed by atoms with E-state index in [1.807, 2.05) is 6.92 Å². The smallest absolute Gasteiger partial charge is 0.316 e. The van der Waals surface area contributed by atoms with Gasteiger partial charge >= 0.3 is 6.01 Å². The second-order valence-corrected chi connectivity index (χ2v) is 2.90. The molecule has 1 aromatic rings. The van der Waals surface area contributed by atoms with Gasteiger partial charge in [0.05, 0.1) is 19.3 Å². The van der Waals surface area contributed by atoms with E-state index in [0.29, 0.717) is 12.6 Å². The summed E-state index contributed by atoms with van der Waals surface area (Å²) in [5, 5.41) is 2.66. The first-order valence-corrected chi connectivity index (χ1v) is 4.25. The zero-order chi connectivity index (χ0) is 10.6. The molecular formula is C9H13N3O2. The number of aryl methyl sites for hydroxylation is 1. The van der Waals surface area contributed by atoms with Gasteiger partial charge in [0.25, 0.3) is 0 Å². The minimum atomic E-state index is -0.0831. The van der Waals surface area contributed by atoms with Crippen LogP contribution in [0.2, 0.25) is 0 Å². The average molecular weight is 195 g/mol. The Morgan fingerprint density at radius 3 is 2.86 bits per heavy atom. The fourth-order valence-corrected chi connectivity index (χ4v) is 1.00. The number of ether oxygens (including phenoxy) is 1. The molecule has 1 N–H and O–H groups in total. The van der Waals surface area contributed by atoms with Crippen LogP contribution < -0.4 is 10.1 Å². The van der Waals surface area contributed by atoms with Crippen molar-refractivity contribution in [1.82, 2.24) is 15.3 Å². The molecule has 0 radical (unpaired) electrons. The molecule has 0 aliphatic heterocycles. The number of nitrogens with one attached hydrogen (secondary N) is 1. The van der Waals surface area contributed by atoms with Gasteiger partial charge in [-0.25, -0.2) is 4.98 Å². The maximum Gasteiger partial charge on any atom is 0.316 e. The first kappa shape index (κ1) is 10.4. The fourth-order valence-electron chi connectivity index (χ4n) is 1.00. The fraction of sp³-hybridized carbons (Fsp3) is 0.444. The third-order valence-electron chi connectivity index (χ3n) is 1.59. The minimum absolute atomic E-state index is 0.0831. The molecule has 0 saturated heterocycles. The quantitative estimate of drug-likeness (QED) is 0.759. The van der Waals surface area contributed by atoms with Crippen molar-refractivity contribution >= 4 is 5.91 Å². The lowest BCUT2D eigenvalue weighted by molar-refractivity contribution is -0.119. The van der Waals surface area contributed by atoms with Gasteiger partial charge in [0, 0.05) is 12.6 Å². The van der Waals surface area contributed by atoms with Gasteiger partial charge < -0.3 is 10.1 Å². The number of nitrogens with zero attached hydrogens (tertiary/aromatic N) is 2. The molecule has 14 heavy (non-hydrogen) atoms. The molecule has 0 saturated carbocycles. The SMILES string of the molecule is COc1nc(C)cc(CNC(C)=O)n1. The zero-order valence-corrected chi connectivity index (χ0v) is 8.50. The maximum absolute atomic E-state index is 10.7. The Morgan fingerprint density at radius 1 is 1.57 bits per heavy atom. The van der Waals surface area contributed by atoms with Crippen LogP contribution in [-0.2, 0) is 11.3 Å². The van der Waals surface area contributed by atoms with Crippen LogP contribution in [0.25, 0.3) is 0 Å². The first-order chi connectivity index (χ1) is 6.61. The van der Waals surface area contributed by atoms with Gasteiger partial charge in [-0.3, -0.25) is 4.79 Å². The molecule has 1 aromatic heterocycles. The highest BCUT2D eigenvalue weighted by molar-refractivity contribution is 5.72. The second kappa shape index (κ2) is 4.55. The van der Waals surface area contributed by atoms with Crippen molar-refractivity contribution in [3.8, 4) is 6.01 Å². The van der Waals surface area contributed by atoms with Crippen LogP contribution in [-0.4, -0.2) is 23.0 Å². The monoisotopic (exact) mass is 195 g/mol. The topological polar surface area (TPSA) is 64.1 Å². The molecule has 0 spiro atoms. The summed E-state index contributed by atoms with van der Waals surface area (Å²) >= 11 is 0. The predicted molar refractivity (Wildman–Crippen MR) is 50.8 cm³/mol. The van der Waals surface area contributed by atoms with Gasteiger partial charge in [-0.05, 0) is 13.0 Å². The largest absolute Gasteiger partial charge is 0.467 e. The zero-order valence-electron chi connectivity index (χ0n) is 8.50. The van der Waals surface area contributed by atoms with Crippen molar-refractivity contribution < 1.29 is 9.53 Å². The summed E-state index contributed by atoms with van der Waals surface area (Å²) in [6.07, 6.45) is 0. The van der Waals surface area contributed by atoms with Gasteiger partial charge in [-0.15, -0.1) is 0 Å². The summed E-state index contributed by atoms with van der Waals surface area (Å²) < 4.78 is 4.91. The van der Waals surface area contributed by atoms with Crippen LogP contribution in [0.1, 0.15) is 18.3 Å². The summed E-state index contributed by atoms with van der Waals surface area (Å²) in [6, 6.07) is 2.13. The van der Waals surface area contributed by atoms with E-state index in [-0.39, 0.29) is 5.91 Å². The van der Waals surface area contributed by atoms with Crippen LogP contribution in [0.4, 0.5) is 0 Å². The Labute approximate surface area is 82.5 Å². The van der Waals surface area contributed by atoms with Crippen molar-refractivity contribution in [2.45, 2.75) is 20.4 Å².